The molecule has 0 radical (unpaired) electrons. The van der Waals surface area contributed by atoms with Gasteiger partial charge in [-0.05, 0) is 13.0 Å². The molecule has 0 saturated heterocycles. The zero-order valence-corrected chi connectivity index (χ0v) is 9.93. The van der Waals surface area contributed by atoms with E-state index in [1.54, 1.807) is 0 Å². The minimum atomic E-state index is -8.55. The third kappa shape index (κ3) is 17.8. The Morgan fingerprint density at radius 1 is 1.24 bits per heavy atom. The number of nitrogens with two attached hydrogens (primary N) is 1. The molecule has 2 N–H and O–H groups in total. The molecule has 0 atom stereocenters. The van der Waals surface area contributed by atoms with Crippen molar-refractivity contribution in [2.75, 3.05) is 6.54 Å². The van der Waals surface area contributed by atoms with Crippen LogP contribution in [0.5, 0.6) is 0 Å². The van der Waals surface area contributed by atoms with Crippen molar-refractivity contribution in [2.45, 2.75) is 13.0 Å². The SMILES string of the molecule is C[n+]1ccn(CCCN)c1.FP(F)(F)(F)F.[F-]. The summed E-state index contributed by atoms with van der Waals surface area (Å²) in [7, 11) is -6.54. The van der Waals surface area contributed by atoms with E-state index in [2.05, 4.69) is 17.1 Å². The molecule has 0 aromatic carbocycles. The molecular weight excluding hydrogens is 271 g/mol. The van der Waals surface area contributed by atoms with Crippen LogP contribution in [0.4, 0.5) is 21.0 Å². The van der Waals surface area contributed by atoms with Crippen LogP contribution >= 0.6 is 8.16 Å². The molecule has 0 saturated carbocycles. The number of halogens is 6. The summed E-state index contributed by atoms with van der Waals surface area (Å²) < 4.78 is 53.4. The Morgan fingerprint density at radius 3 is 2.00 bits per heavy atom. The van der Waals surface area contributed by atoms with Crippen LogP contribution in [0.15, 0.2) is 18.7 Å². The van der Waals surface area contributed by atoms with Crippen molar-refractivity contribution in [3.05, 3.63) is 18.7 Å². The van der Waals surface area contributed by atoms with E-state index in [4.69, 9.17) is 5.73 Å². The Bertz CT molecular complexity index is 304. The fourth-order valence-electron chi connectivity index (χ4n) is 0.908. The third-order valence-corrected chi connectivity index (χ3v) is 1.44. The van der Waals surface area contributed by atoms with Gasteiger partial charge in [0.15, 0.2) is 0 Å². The van der Waals surface area contributed by atoms with E-state index >= 15 is 0 Å². The van der Waals surface area contributed by atoms with Crippen LogP contribution in [-0.2, 0) is 13.6 Å². The van der Waals surface area contributed by atoms with Gasteiger partial charge in [0, 0.05) is 0 Å². The van der Waals surface area contributed by atoms with Gasteiger partial charge in [-0.15, -0.1) is 0 Å². The van der Waals surface area contributed by atoms with Crippen molar-refractivity contribution in [1.82, 2.24) is 4.57 Å². The van der Waals surface area contributed by atoms with E-state index in [9.17, 15) is 21.0 Å². The zero-order valence-electron chi connectivity index (χ0n) is 9.04. The van der Waals surface area contributed by atoms with Crippen molar-refractivity contribution in [3.8, 4) is 0 Å². The molecule has 0 aliphatic carbocycles. The van der Waals surface area contributed by atoms with Crippen molar-refractivity contribution in [1.29, 1.82) is 0 Å². The summed E-state index contributed by atoms with van der Waals surface area (Å²) in [5, 5.41) is 0. The first-order valence-electron chi connectivity index (χ1n) is 4.38. The monoisotopic (exact) mass is 285 g/mol. The molecule has 1 aromatic rings. The molecule has 17 heavy (non-hydrogen) atoms. The molecular formula is C7H14F6N3P. The maximum atomic E-state index is 9.84. The minimum Gasteiger partial charge on any atom is -1.00 e. The van der Waals surface area contributed by atoms with Crippen LogP contribution in [0.1, 0.15) is 6.42 Å². The first-order chi connectivity index (χ1) is 7.06. The normalized spacial score (nSPS) is 12.8. The van der Waals surface area contributed by atoms with Gasteiger partial charge in [-0.25, -0.2) is 9.13 Å². The smallest absolute Gasteiger partial charge is 1.00 e. The number of aryl methyl sites for hydroxylation is 2. The van der Waals surface area contributed by atoms with Crippen LogP contribution in [0, 0.1) is 0 Å². The molecule has 0 aliphatic heterocycles. The first-order valence-corrected chi connectivity index (χ1v) is 6.07. The summed E-state index contributed by atoms with van der Waals surface area (Å²) in [5.41, 5.74) is 5.36. The number of imidazole rings is 1. The van der Waals surface area contributed by atoms with Gasteiger partial charge in [-0.2, -0.15) is 0 Å². The Kier molecular flexibility index (Phi) is 7.42. The van der Waals surface area contributed by atoms with Gasteiger partial charge in [-0.1, -0.05) is 0 Å². The minimum absolute atomic E-state index is 0. The molecule has 1 rings (SSSR count). The molecule has 0 fully saturated rings. The van der Waals surface area contributed by atoms with E-state index in [0.717, 1.165) is 19.5 Å². The molecule has 0 spiro atoms. The molecule has 0 aliphatic rings. The summed E-state index contributed by atoms with van der Waals surface area (Å²) >= 11 is 0. The predicted molar refractivity (Wildman–Crippen MR) is 51.7 cm³/mol. The van der Waals surface area contributed by atoms with Crippen molar-refractivity contribution in [2.24, 2.45) is 12.8 Å². The molecule has 0 amide bonds. The number of rotatable bonds is 3. The van der Waals surface area contributed by atoms with E-state index in [1.165, 1.54) is 0 Å². The average Bonchev–Trinajstić information content (AvgIpc) is 2.43. The van der Waals surface area contributed by atoms with Gasteiger partial charge in [0.2, 0.25) is 6.33 Å². The number of hydrogen-bond acceptors (Lipinski definition) is 1. The molecule has 0 unspecified atom stereocenters. The number of aromatic nitrogens is 2. The summed E-state index contributed by atoms with van der Waals surface area (Å²) in [4.78, 5) is 0. The number of nitrogens with zero attached hydrogens (tertiary/aromatic N) is 2. The van der Waals surface area contributed by atoms with Crippen molar-refractivity contribution < 1.29 is 30.3 Å². The summed E-state index contributed by atoms with van der Waals surface area (Å²) in [6, 6.07) is 0. The Balaban J connectivity index is 0. The van der Waals surface area contributed by atoms with Crippen LogP contribution in [0.2, 0.25) is 0 Å². The van der Waals surface area contributed by atoms with Gasteiger partial charge in [0.1, 0.15) is 12.4 Å². The van der Waals surface area contributed by atoms with Gasteiger partial charge in [0.25, 0.3) is 0 Å². The summed E-state index contributed by atoms with van der Waals surface area (Å²) in [6.45, 7) is 1.79. The summed E-state index contributed by atoms with van der Waals surface area (Å²) in [5.74, 6) is 0. The van der Waals surface area contributed by atoms with E-state index in [0.29, 0.717) is 0 Å². The molecule has 10 heteroatoms. The average molecular weight is 285 g/mol. The maximum Gasteiger partial charge on any atom is -1.00 e. The fourth-order valence-corrected chi connectivity index (χ4v) is 0.908. The Labute approximate surface area is 94.9 Å². The molecule has 0 bridgehead atoms. The van der Waals surface area contributed by atoms with Gasteiger partial charge < -0.3 is 10.4 Å². The quantitative estimate of drug-likeness (QED) is 0.459. The van der Waals surface area contributed by atoms with E-state index in [-0.39, 0.29) is 4.70 Å². The van der Waals surface area contributed by atoms with Gasteiger partial charge in [-0.3, -0.25) is 0 Å². The van der Waals surface area contributed by atoms with Crippen LogP contribution < -0.4 is 15.0 Å². The number of hydrogen-bond donors (Lipinski definition) is 1. The molecule has 3 nitrogen and oxygen atoms in total. The Hall–Kier alpha value is -0.820. The molecule has 1 heterocycles. The fraction of sp³-hybridized carbons (Fsp3) is 0.571. The standard InChI is InChI=1S/C7H14N3.F5P.FH/c1-9-5-6-10(7-9)4-2-3-8;1-6(2,3,4)5;/h5-7H,2-4,8H2,1H3;;1H/q+1;;/p-1. The van der Waals surface area contributed by atoms with E-state index < -0.39 is 8.16 Å². The third-order valence-electron chi connectivity index (χ3n) is 1.44. The largest absolute Gasteiger partial charge is 1.00 e. The maximum absolute atomic E-state index is 9.84. The Morgan fingerprint density at radius 2 is 1.71 bits per heavy atom. The predicted octanol–water partition coefficient (Wildman–Crippen LogP) is -0.372. The second-order valence-electron chi connectivity index (χ2n) is 3.10. The molecule has 1 aromatic heterocycles. The molecule has 104 valence electrons. The zero-order chi connectivity index (χ0) is 12.8. The topological polar surface area (TPSA) is 34.8 Å². The van der Waals surface area contributed by atoms with Crippen molar-refractivity contribution in [3.63, 3.8) is 0 Å². The second kappa shape index (κ2) is 6.80. The van der Waals surface area contributed by atoms with Crippen LogP contribution in [0.25, 0.3) is 0 Å². The van der Waals surface area contributed by atoms with Crippen LogP contribution in [0.3, 0.4) is 0 Å². The van der Waals surface area contributed by atoms with Gasteiger partial charge >= 0.3 is 29.1 Å². The van der Waals surface area contributed by atoms with Crippen molar-refractivity contribution >= 4 is 8.16 Å². The van der Waals surface area contributed by atoms with Crippen LogP contribution in [-0.4, -0.2) is 11.1 Å². The summed E-state index contributed by atoms with van der Waals surface area (Å²) in [6.07, 6.45) is 7.18. The van der Waals surface area contributed by atoms with Gasteiger partial charge in [0.05, 0.1) is 13.6 Å². The first kappa shape index (κ1) is 18.5. The second-order valence-corrected chi connectivity index (χ2v) is 4.38. The van der Waals surface area contributed by atoms with E-state index in [1.807, 2.05) is 17.8 Å².